The molecule has 210 valence electrons. The number of benzene rings is 4. The molecule has 1 aliphatic heterocycles. The van der Waals surface area contributed by atoms with E-state index in [0.29, 0.717) is 49.1 Å². The largest absolute Gasteiger partial charge is 0.457 e. The standard InChI is InChI=1S/C31H29N3O6S/c35-30(32-29-14-8-7-13-28(29)31(36)33-19-21-39-22-20-33)23-34(41(37,38)27-11-5-2-6-12-27)24-15-17-26(18-16-24)40-25-9-3-1-4-10-25/h1-18H,19-23H2,(H,32,35). The molecule has 1 saturated heterocycles. The fourth-order valence-electron chi connectivity index (χ4n) is 4.38. The summed E-state index contributed by atoms with van der Waals surface area (Å²) in [5.41, 5.74) is 0.905. The molecule has 1 heterocycles. The highest BCUT2D eigenvalue weighted by atomic mass is 32.2. The van der Waals surface area contributed by atoms with Crippen molar-refractivity contribution in [1.29, 1.82) is 0 Å². The number of para-hydroxylation sites is 2. The summed E-state index contributed by atoms with van der Waals surface area (Å²) in [4.78, 5) is 28.2. The van der Waals surface area contributed by atoms with Gasteiger partial charge in [0.1, 0.15) is 18.0 Å². The van der Waals surface area contributed by atoms with Crippen LogP contribution in [0.25, 0.3) is 0 Å². The molecular weight excluding hydrogens is 542 g/mol. The van der Waals surface area contributed by atoms with Crippen molar-refractivity contribution >= 4 is 33.2 Å². The van der Waals surface area contributed by atoms with Crippen LogP contribution in [0.4, 0.5) is 11.4 Å². The summed E-state index contributed by atoms with van der Waals surface area (Å²) >= 11 is 0. The van der Waals surface area contributed by atoms with Crippen molar-refractivity contribution in [3.05, 3.63) is 115 Å². The van der Waals surface area contributed by atoms with Crippen LogP contribution in [0, 0.1) is 0 Å². The van der Waals surface area contributed by atoms with Gasteiger partial charge in [0.2, 0.25) is 5.91 Å². The third-order valence-corrected chi connectivity index (χ3v) is 8.24. The van der Waals surface area contributed by atoms with Crippen LogP contribution in [0.2, 0.25) is 0 Å². The van der Waals surface area contributed by atoms with Gasteiger partial charge in [-0.25, -0.2) is 8.42 Å². The van der Waals surface area contributed by atoms with Gasteiger partial charge in [-0.05, 0) is 60.7 Å². The van der Waals surface area contributed by atoms with E-state index in [4.69, 9.17) is 9.47 Å². The van der Waals surface area contributed by atoms with Gasteiger partial charge in [0.15, 0.2) is 0 Å². The zero-order valence-corrected chi connectivity index (χ0v) is 23.0. The smallest absolute Gasteiger partial charge is 0.264 e. The number of morpholine rings is 1. The molecule has 0 spiro atoms. The van der Waals surface area contributed by atoms with E-state index >= 15 is 0 Å². The summed E-state index contributed by atoms with van der Waals surface area (Å²) in [6.45, 7) is 1.28. The lowest BCUT2D eigenvalue weighted by Gasteiger charge is -2.28. The number of rotatable bonds is 9. The number of carbonyl (C=O) groups excluding carboxylic acids is 2. The molecule has 4 aromatic carbocycles. The maximum Gasteiger partial charge on any atom is 0.264 e. The summed E-state index contributed by atoms with van der Waals surface area (Å²) in [5, 5.41) is 2.75. The lowest BCUT2D eigenvalue weighted by molar-refractivity contribution is -0.114. The van der Waals surface area contributed by atoms with Crippen molar-refractivity contribution in [3.63, 3.8) is 0 Å². The second-order valence-corrected chi connectivity index (χ2v) is 11.1. The highest BCUT2D eigenvalue weighted by molar-refractivity contribution is 7.92. The fourth-order valence-corrected chi connectivity index (χ4v) is 5.82. The van der Waals surface area contributed by atoms with Gasteiger partial charge in [0, 0.05) is 13.1 Å². The number of nitrogens with zero attached hydrogens (tertiary/aromatic N) is 2. The summed E-state index contributed by atoms with van der Waals surface area (Å²) in [5.74, 6) is 0.319. The van der Waals surface area contributed by atoms with Gasteiger partial charge in [-0.15, -0.1) is 0 Å². The molecule has 0 aliphatic carbocycles. The van der Waals surface area contributed by atoms with Gasteiger partial charge in [0.25, 0.3) is 15.9 Å². The number of anilines is 2. The van der Waals surface area contributed by atoms with Gasteiger partial charge < -0.3 is 19.7 Å². The Kier molecular flexibility index (Phi) is 8.61. The van der Waals surface area contributed by atoms with E-state index in [1.165, 1.54) is 12.1 Å². The first-order valence-electron chi connectivity index (χ1n) is 13.1. The normalized spacial score (nSPS) is 13.3. The molecule has 4 aromatic rings. The molecule has 5 rings (SSSR count). The van der Waals surface area contributed by atoms with Crippen LogP contribution in [0.5, 0.6) is 11.5 Å². The van der Waals surface area contributed by atoms with Crippen molar-refractivity contribution in [2.24, 2.45) is 0 Å². The quantitative estimate of drug-likeness (QED) is 0.310. The van der Waals surface area contributed by atoms with Gasteiger partial charge in [-0.2, -0.15) is 0 Å². The van der Waals surface area contributed by atoms with Crippen molar-refractivity contribution in [3.8, 4) is 11.5 Å². The Morgan fingerprint density at radius 1 is 0.780 bits per heavy atom. The zero-order valence-electron chi connectivity index (χ0n) is 22.2. The number of hydrogen-bond acceptors (Lipinski definition) is 6. The van der Waals surface area contributed by atoms with Gasteiger partial charge >= 0.3 is 0 Å². The molecule has 2 amide bonds. The minimum Gasteiger partial charge on any atom is -0.457 e. The third-order valence-electron chi connectivity index (χ3n) is 6.45. The van der Waals surface area contributed by atoms with Crippen molar-refractivity contribution in [2.45, 2.75) is 4.90 Å². The Morgan fingerprint density at radius 3 is 2.05 bits per heavy atom. The van der Waals surface area contributed by atoms with Crippen LogP contribution in [-0.2, 0) is 19.6 Å². The number of nitrogens with one attached hydrogen (secondary N) is 1. The molecule has 1 N–H and O–H groups in total. The molecule has 0 saturated carbocycles. The SMILES string of the molecule is O=C(CN(c1ccc(Oc2ccccc2)cc1)S(=O)(=O)c1ccccc1)Nc1ccccc1C(=O)N1CCOCC1. The molecule has 0 aromatic heterocycles. The Hall–Kier alpha value is -4.67. The van der Waals surface area contributed by atoms with E-state index in [2.05, 4.69) is 5.32 Å². The summed E-state index contributed by atoms with van der Waals surface area (Å²) in [6.07, 6.45) is 0. The van der Waals surface area contributed by atoms with Crippen LogP contribution in [0.15, 0.2) is 114 Å². The van der Waals surface area contributed by atoms with Crippen LogP contribution in [-0.4, -0.2) is 58.0 Å². The Morgan fingerprint density at radius 2 is 1.37 bits per heavy atom. The Balaban J connectivity index is 1.40. The summed E-state index contributed by atoms with van der Waals surface area (Å²) in [7, 11) is -4.11. The molecule has 0 bridgehead atoms. The van der Waals surface area contributed by atoms with E-state index in [1.807, 2.05) is 30.3 Å². The number of hydrogen-bond donors (Lipinski definition) is 1. The second-order valence-electron chi connectivity index (χ2n) is 9.23. The van der Waals surface area contributed by atoms with Gasteiger partial charge in [-0.1, -0.05) is 48.5 Å². The lowest BCUT2D eigenvalue weighted by Crippen LogP contribution is -2.41. The molecule has 10 heteroatoms. The summed E-state index contributed by atoms with van der Waals surface area (Å²) < 4.78 is 39.7. The molecule has 1 fully saturated rings. The predicted octanol–water partition coefficient (Wildman–Crippen LogP) is 4.79. The minimum absolute atomic E-state index is 0.0420. The first-order chi connectivity index (χ1) is 19.9. The molecule has 0 unspecified atom stereocenters. The fraction of sp³-hybridized carbons (Fsp3) is 0.161. The molecule has 9 nitrogen and oxygen atoms in total. The van der Waals surface area contributed by atoms with E-state index in [1.54, 1.807) is 71.6 Å². The molecule has 0 atom stereocenters. The highest BCUT2D eigenvalue weighted by Crippen LogP contribution is 2.28. The highest BCUT2D eigenvalue weighted by Gasteiger charge is 2.28. The van der Waals surface area contributed by atoms with Gasteiger partial charge in [-0.3, -0.25) is 13.9 Å². The van der Waals surface area contributed by atoms with E-state index < -0.39 is 22.5 Å². The van der Waals surface area contributed by atoms with Crippen LogP contribution in [0.1, 0.15) is 10.4 Å². The molecule has 0 radical (unpaired) electrons. The van der Waals surface area contributed by atoms with E-state index in [9.17, 15) is 18.0 Å². The van der Waals surface area contributed by atoms with Gasteiger partial charge in [0.05, 0.1) is 35.0 Å². The van der Waals surface area contributed by atoms with Crippen LogP contribution in [0.3, 0.4) is 0 Å². The minimum atomic E-state index is -4.11. The maximum absolute atomic E-state index is 13.7. The predicted molar refractivity (Wildman–Crippen MR) is 156 cm³/mol. The van der Waals surface area contributed by atoms with Crippen LogP contribution < -0.4 is 14.4 Å². The van der Waals surface area contributed by atoms with Crippen LogP contribution >= 0.6 is 0 Å². The monoisotopic (exact) mass is 571 g/mol. The average molecular weight is 572 g/mol. The number of sulfonamides is 1. The molecule has 41 heavy (non-hydrogen) atoms. The number of carbonyl (C=O) groups is 2. The van der Waals surface area contributed by atoms with Crippen molar-refractivity contribution in [1.82, 2.24) is 4.90 Å². The topological polar surface area (TPSA) is 105 Å². The summed E-state index contributed by atoms with van der Waals surface area (Å²) in [6, 6.07) is 30.2. The molecule has 1 aliphatic rings. The average Bonchev–Trinajstić information content (AvgIpc) is 3.01. The second kappa shape index (κ2) is 12.7. The Labute approximate surface area is 239 Å². The maximum atomic E-state index is 13.7. The third kappa shape index (κ3) is 6.74. The number of amides is 2. The zero-order chi connectivity index (χ0) is 28.7. The van der Waals surface area contributed by atoms with Crippen molar-refractivity contribution < 1.29 is 27.5 Å². The van der Waals surface area contributed by atoms with E-state index in [0.717, 1.165) is 4.31 Å². The number of ether oxygens (including phenoxy) is 2. The lowest BCUT2D eigenvalue weighted by atomic mass is 10.1. The van der Waals surface area contributed by atoms with E-state index in [-0.39, 0.29) is 16.5 Å². The molecular formula is C31H29N3O6S. The first-order valence-corrected chi connectivity index (χ1v) is 14.5. The van der Waals surface area contributed by atoms with Crippen molar-refractivity contribution in [2.75, 3.05) is 42.5 Å². The first kappa shape index (κ1) is 27.9. The Bertz CT molecular complexity index is 1590.